The first-order chi connectivity index (χ1) is 13.1. The van der Waals surface area contributed by atoms with Crippen molar-refractivity contribution in [3.05, 3.63) is 23.8 Å². The van der Waals surface area contributed by atoms with Gasteiger partial charge in [-0.1, -0.05) is 6.92 Å². The molecule has 7 nitrogen and oxygen atoms in total. The van der Waals surface area contributed by atoms with Crippen LogP contribution in [0.5, 0.6) is 0 Å². The smallest absolute Gasteiger partial charge is 0.254 e. The molecule has 27 heavy (non-hydrogen) atoms. The minimum Gasteiger partial charge on any atom is -0.376 e. The van der Waals surface area contributed by atoms with Crippen LogP contribution in [0.1, 0.15) is 61.6 Å². The van der Waals surface area contributed by atoms with E-state index in [0.717, 1.165) is 45.2 Å². The van der Waals surface area contributed by atoms with Crippen molar-refractivity contribution >= 4 is 11.8 Å². The van der Waals surface area contributed by atoms with E-state index in [1.54, 1.807) is 19.3 Å². The molecule has 148 valence electrons. The van der Waals surface area contributed by atoms with E-state index in [-0.39, 0.29) is 29.9 Å². The van der Waals surface area contributed by atoms with E-state index in [2.05, 4.69) is 22.2 Å². The summed E-state index contributed by atoms with van der Waals surface area (Å²) in [4.78, 5) is 35.5. The lowest BCUT2D eigenvalue weighted by atomic mass is 9.82. The highest BCUT2D eigenvalue weighted by molar-refractivity contribution is 5.93. The Balaban J connectivity index is 1.62. The van der Waals surface area contributed by atoms with Crippen molar-refractivity contribution < 1.29 is 14.3 Å². The number of ether oxygens (including phenoxy) is 1. The molecule has 1 aliphatic carbocycles. The van der Waals surface area contributed by atoms with Gasteiger partial charge in [-0.05, 0) is 45.4 Å². The van der Waals surface area contributed by atoms with Crippen LogP contribution in [0.4, 0.5) is 0 Å². The number of carbonyl (C=O) groups is 2. The summed E-state index contributed by atoms with van der Waals surface area (Å²) in [5, 5.41) is 3.07. The van der Waals surface area contributed by atoms with Crippen molar-refractivity contribution in [1.82, 2.24) is 20.2 Å². The van der Waals surface area contributed by atoms with E-state index >= 15 is 0 Å². The summed E-state index contributed by atoms with van der Waals surface area (Å²) in [6, 6.07) is -0.0898. The van der Waals surface area contributed by atoms with Gasteiger partial charge in [-0.2, -0.15) is 0 Å². The highest BCUT2D eigenvalue weighted by Crippen LogP contribution is 2.30. The standard InChI is InChI=1S/C20H30N4O3/c1-3-10-27-18-11-15(20(26)24-8-4-5-9-24)6-7-17(18)23-19(25)16-12-21-14(2)22-13-16/h12-13,15,17-18H,3-11H2,1-2H3,(H,23,25)/t15-,17-,18-/m0/s1. The molecule has 1 aromatic rings. The number of nitrogens with zero attached hydrogens (tertiary/aromatic N) is 3. The summed E-state index contributed by atoms with van der Waals surface area (Å²) in [6.45, 7) is 6.24. The van der Waals surface area contributed by atoms with E-state index in [4.69, 9.17) is 4.74 Å². The summed E-state index contributed by atoms with van der Waals surface area (Å²) in [5.74, 6) is 0.709. The Bertz CT molecular complexity index is 643. The lowest BCUT2D eigenvalue weighted by molar-refractivity contribution is -0.138. The third kappa shape index (κ3) is 5.03. The zero-order chi connectivity index (χ0) is 19.2. The minimum atomic E-state index is -0.186. The summed E-state index contributed by atoms with van der Waals surface area (Å²) >= 11 is 0. The van der Waals surface area contributed by atoms with Gasteiger partial charge in [-0.25, -0.2) is 9.97 Å². The Labute approximate surface area is 160 Å². The first-order valence-corrected chi connectivity index (χ1v) is 10.1. The second kappa shape index (κ2) is 9.26. The molecule has 1 aliphatic heterocycles. The molecule has 1 N–H and O–H groups in total. The number of nitrogens with one attached hydrogen (secondary N) is 1. The number of carbonyl (C=O) groups excluding carboxylic acids is 2. The molecule has 3 rings (SSSR count). The summed E-state index contributed by atoms with van der Waals surface area (Å²) in [7, 11) is 0. The maximum absolute atomic E-state index is 12.8. The van der Waals surface area contributed by atoms with E-state index < -0.39 is 0 Å². The van der Waals surface area contributed by atoms with Gasteiger partial charge in [0.05, 0.1) is 17.7 Å². The van der Waals surface area contributed by atoms with Crippen molar-refractivity contribution in [2.75, 3.05) is 19.7 Å². The normalized spacial score (nSPS) is 25.4. The summed E-state index contributed by atoms with van der Waals surface area (Å²) in [5.41, 5.74) is 0.449. The molecule has 1 saturated carbocycles. The maximum Gasteiger partial charge on any atom is 0.254 e. The second-order valence-electron chi connectivity index (χ2n) is 7.55. The molecule has 2 heterocycles. The van der Waals surface area contributed by atoms with Gasteiger partial charge in [0, 0.05) is 38.0 Å². The molecule has 2 fully saturated rings. The lowest BCUT2D eigenvalue weighted by Crippen LogP contribution is -2.50. The molecule has 3 atom stereocenters. The number of aromatic nitrogens is 2. The Morgan fingerprint density at radius 2 is 1.93 bits per heavy atom. The average Bonchev–Trinajstić information content (AvgIpc) is 3.22. The van der Waals surface area contributed by atoms with E-state index in [0.29, 0.717) is 24.4 Å². The van der Waals surface area contributed by atoms with Crippen molar-refractivity contribution in [1.29, 1.82) is 0 Å². The summed E-state index contributed by atoms with van der Waals surface area (Å²) in [6.07, 6.45) is 8.28. The minimum absolute atomic E-state index is 0.000756. The molecular weight excluding hydrogens is 344 g/mol. The second-order valence-corrected chi connectivity index (χ2v) is 7.55. The van der Waals surface area contributed by atoms with Crippen LogP contribution in [0.25, 0.3) is 0 Å². The molecule has 1 saturated heterocycles. The molecule has 7 heteroatoms. The van der Waals surface area contributed by atoms with Gasteiger partial charge in [0.1, 0.15) is 5.82 Å². The van der Waals surface area contributed by atoms with Gasteiger partial charge in [-0.3, -0.25) is 9.59 Å². The molecule has 2 amide bonds. The van der Waals surface area contributed by atoms with Crippen LogP contribution in [0, 0.1) is 12.8 Å². The van der Waals surface area contributed by atoms with Crippen molar-refractivity contribution in [3.8, 4) is 0 Å². The summed E-state index contributed by atoms with van der Waals surface area (Å²) < 4.78 is 6.03. The fraction of sp³-hybridized carbons (Fsp3) is 0.700. The predicted molar refractivity (Wildman–Crippen MR) is 101 cm³/mol. The number of rotatable bonds is 6. The third-order valence-corrected chi connectivity index (χ3v) is 5.45. The van der Waals surface area contributed by atoms with E-state index in [9.17, 15) is 9.59 Å². The third-order valence-electron chi connectivity index (χ3n) is 5.45. The van der Waals surface area contributed by atoms with Gasteiger partial charge >= 0.3 is 0 Å². The molecule has 0 unspecified atom stereocenters. The van der Waals surface area contributed by atoms with Crippen LogP contribution < -0.4 is 5.32 Å². The highest BCUT2D eigenvalue weighted by atomic mass is 16.5. The largest absolute Gasteiger partial charge is 0.376 e. The van der Waals surface area contributed by atoms with E-state index in [1.807, 2.05) is 4.90 Å². The van der Waals surface area contributed by atoms with Crippen LogP contribution in [0.15, 0.2) is 12.4 Å². The number of hydrogen-bond acceptors (Lipinski definition) is 5. The fourth-order valence-electron chi connectivity index (χ4n) is 3.93. The van der Waals surface area contributed by atoms with Gasteiger partial charge < -0.3 is 15.0 Å². The Kier molecular flexibility index (Phi) is 6.77. The van der Waals surface area contributed by atoms with Gasteiger partial charge in [0.25, 0.3) is 5.91 Å². The number of likely N-dealkylation sites (tertiary alicyclic amines) is 1. The first kappa shape index (κ1) is 19.7. The molecule has 0 spiro atoms. The Morgan fingerprint density at radius 3 is 2.59 bits per heavy atom. The molecule has 1 aromatic heterocycles. The maximum atomic E-state index is 12.8. The lowest BCUT2D eigenvalue weighted by Gasteiger charge is -2.37. The number of amides is 2. The quantitative estimate of drug-likeness (QED) is 0.824. The molecule has 0 bridgehead atoms. The van der Waals surface area contributed by atoms with E-state index in [1.165, 1.54) is 0 Å². The zero-order valence-electron chi connectivity index (χ0n) is 16.3. The van der Waals surface area contributed by atoms with Crippen LogP contribution in [-0.2, 0) is 9.53 Å². The number of aryl methyl sites for hydroxylation is 1. The molecule has 0 aromatic carbocycles. The van der Waals surface area contributed by atoms with Gasteiger partial charge in [0.15, 0.2) is 0 Å². The van der Waals surface area contributed by atoms with Gasteiger partial charge in [-0.15, -0.1) is 0 Å². The Hall–Kier alpha value is -2.02. The van der Waals surface area contributed by atoms with Crippen LogP contribution in [0.2, 0.25) is 0 Å². The molecule has 0 radical (unpaired) electrons. The average molecular weight is 374 g/mol. The van der Waals surface area contributed by atoms with Crippen LogP contribution in [-0.4, -0.2) is 58.5 Å². The van der Waals surface area contributed by atoms with Crippen molar-refractivity contribution in [3.63, 3.8) is 0 Å². The van der Waals surface area contributed by atoms with Crippen LogP contribution in [0.3, 0.4) is 0 Å². The number of hydrogen-bond donors (Lipinski definition) is 1. The first-order valence-electron chi connectivity index (χ1n) is 10.1. The highest BCUT2D eigenvalue weighted by Gasteiger charge is 2.37. The molecule has 2 aliphatic rings. The Morgan fingerprint density at radius 1 is 1.22 bits per heavy atom. The van der Waals surface area contributed by atoms with Gasteiger partial charge in [0.2, 0.25) is 5.91 Å². The topological polar surface area (TPSA) is 84.4 Å². The fourth-order valence-corrected chi connectivity index (χ4v) is 3.93. The van der Waals surface area contributed by atoms with Crippen LogP contribution >= 0.6 is 0 Å². The zero-order valence-corrected chi connectivity index (χ0v) is 16.3. The SMILES string of the molecule is CCCO[C@H]1C[C@@H](C(=O)N2CCCC2)CC[C@@H]1NC(=O)c1cnc(C)nc1. The van der Waals surface area contributed by atoms with Crippen molar-refractivity contribution in [2.45, 2.75) is 64.5 Å². The molecular formula is C20H30N4O3. The monoisotopic (exact) mass is 374 g/mol. The van der Waals surface area contributed by atoms with Crippen molar-refractivity contribution in [2.24, 2.45) is 5.92 Å². The predicted octanol–water partition coefficient (Wildman–Crippen LogP) is 2.10.